The van der Waals surface area contributed by atoms with Crippen molar-refractivity contribution in [2.75, 3.05) is 7.11 Å². The van der Waals surface area contributed by atoms with E-state index in [0.717, 1.165) is 0 Å². The number of ether oxygens (including phenoxy) is 1. The number of aliphatic hydroxyl groups is 1. The van der Waals surface area contributed by atoms with Crippen LogP contribution in [0.4, 0.5) is 4.39 Å². The van der Waals surface area contributed by atoms with Crippen molar-refractivity contribution in [3.8, 4) is 17.0 Å². The van der Waals surface area contributed by atoms with Gasteiger partial charge in [-0.3, -0.25) is 0 Å². The molecule has 0 aliphatic rings. The van der Waals surface area contributed by atoms with Gasteiger partial charge in [-0.15, -0.1) is 0 Å². The minimum absolute atomic E-state index is 0.359. The summed E-state index contributed by atoms with van der Waals surface area (Å²) in [6.07, 6.45) is -0.642. The summed E-state index contributed by atoms with van der Waals surface area (Å²) >= 11 is 0. The van der Waals surface area contributed by atoms with Gasteiger partial charge in [0.25, 0.3) is 0 Å². The average Bonchev–Trinajstić information content (AvgIpc) is 2.38. The highest BCUT2D eigenvalue weighted by Gasteiger charge is 2.10. The number of hydrogen-bond donors (Lipinski definition) is 1. The number of aromatic nitrogens is 1. The smallest absolute Gasteiger partial charge is 0.131 e. The normalized spacial score (nSPS) is 12.2. The van der Waals surface area contributed by atoms with Crippen LogP contribution in [-0.4, -0.2) is 17.2 Å². The molecule has 0 spiro atoms. The van der Waals surface area contributed by atoms with Crippen LogP contribution in [0.1, 0.15) is 18.7 Å². The van der Waals surface area contributed by atoms with Crippen molar-refractivity contribution in [1.29, 1.82) is 0 Å². The van der Waals surface area contributed by atoms with Crippen LogP contribution >= 0.6 is 0 Å². The van der Waals surface area contributed by atoms with E-state index in [4.69, 9.17) is 4.74 Å². The third-order valence-corrected chi connectivity index (χ3v) is 2.64. The van der Waals surface area contributed by atoms with Crippen LogP contribution in [0.2, 0.25) is 0 Å². The van der Waals surface area contributed by atoms with Crippen molar-refractivity contribution < 1.29 is 14.2 Å². The lowest BCUT2D eigenvalue weighted by Gasteiger charge is -2.10. The lowest BCUT2D eigenvalue weighted by Crippen LogP contribution is -1.97. The Morgan fingerprint density at radius 2 is 2.06 bits per heavy atom. The molecule has 2 rings (SSSR count). The number of nitrogens with zero attached hydrogens (tertiary/aromatic N) is 1. The number of pyridine rings is 1. The van der Waals surface area contributed by atoms with Crippen molar-refractivity contribution in [1.82, 2.24) is 4.98 Å². The van der Waals surface area contributed by atoms with Crippen molar-refractivity contribution in [2.24, 2.45) is 0 Å². The summed E-state index contributed by atoms with van der Waals surface area (Å²) in [7, 11) is 1.48. The fraction of sp³-hybridized carbons (Fsp3) is 0.214. The molecule has 3 nitrogen and oxygen atoms in total. The summed E-state index contributed by atoms with van der Waals surface area (Å²) in [4.78, 5) is 4.33. The topological polar surface area (TPSA) is 42.4 Å². The second kappa shape index (κ2) is 5.14. The van der Waals surface area contributed by atoms with Crippen LogP contribution in [0.5, 0.6) is 5.75 Å². The molecule has 1 N–H and O–H groups in total. The SMILES string of the molecule is COc1cc(F)ccc1-c1cccc([C@@H](C)O)n1. The quantitative estimate of drug-likeness (QED) is 0.906. The van der Waals surface area contributed by atoms with E-state index in [-0.39, 0.29) is 5.82 Å². The third kappa shape index (κ3) is 2.49. The number of methoxy groups -OCH3 is 1. The third-order valence-electron chi connectivity index (χ3n) is 2.64. The molecule has 0 unspecified atom stereocenters. The molecule has 2 aromatic rings. The van der Waals surface area contributed by atoms with E-state index >= 15 is 0 Å². The molecule has 0 saturated carbocycles. The maximum absolute atomic E-state index is 13.1. The molecule has 0 fully saturated rings. The van der Waals surface area contributed by atoms with Gasteiger partial charge in [-0.1, -0.05) is 6.07 Å². The van der Waals surface area contributed by atoms with Crippen LogP contribution < -0.4 is 4.74 Å². The van der Waals surface area contributed by atoms with E-state index in [1.165, 1.54) is 19.2 Å². The highest BCUT2D eigenvalue weighted by Crippen LogP contribution is 2.29. The molecule has 18 heavy (non-hydrogen) atoms. The lowest BCUT2D eigenvalue weighted by atomic mass is 10.1. The first-order valence-electron chi connectivity index (χ1n) is 5.60. The Labute approximate surface area is 105 Å². The van der Waals surface area contributed by atoms with E-state index in [1.54, 1.807) is 31.2 Å². The molecule has 0 saturated heterocycles. The maximum atomic E-state index is 13.1. The van der Waals surface area contributed by atoms with E-state index in [9.17, 15) is 9.50 Å². The molecular formula is C14H14FNO2. The number of rotatable bonds is 3. The van der Waals surface area contributed by atoms with E-state index in [2.05, 4.69) is 4.98 Å². The van der Waals surface area contributed by atoms with Crippen LogP contribution in [0, 0.1) is 5.82 Å². The Hall–Kier alpha value is -1.94. The first kappa shape index (κ1) is 12.5. The highest BCUT2D eigenvalue weighted by atomic mass is 19.1. The number of aliphatic hydroxyl groups excluding tert-OH is 1. The van der Waals surface area contributed by atoms with Gasteiger partial charge in [-0.05, 0) is 31.2 Å². The van der Waals surface area contributed by atoms with Crippen LogP contribution in [0.3, 0.4) is 0 Å². The van der Waals surface area contributed by atoms with Crippen molar-refractivity contribution in [3.05, 3.63) is 47.9 Å². The average molecular weight is 247 g/mol. The van der Waals surface area contributed by atoms with Gasteiger partial charge in [0.1, 0.15) is 11.6 Å². The first-order chi connectivity index (χ1) is 8.61. The van der Waals surface area contributed by atoms with Gasteiger partial charge in [-0.2, -0.15) is 0 Å². The maximum Gasteiger partial charge on any atom is 0.131 e. The molecule has 1 atom stereocenters. The summed E-state index contributed by atoms with van der Waals surface area (Å²) in [6.45, 7) is 1.65. The monoisotopic (exact) mass is 247 g/mol. The minimum Gasteiger partial charge on any atom is -0.496 e. The summed E-state index contributed by atoms with van der Waals surface area (Å²) in [6, 6.07) is 9.61. The number of benzene rings is 1. The molecule has 94 valence electrons. The largest absolute Gasteiger partial charge is 0.496 e. The Kier molecular flexibility index (Phi) is 3.58. The second-order valence-electron chi connectivity index (χ2n) is 3.97. The van der Waals surface area contributed by atoms with Gasteiger partial charge in [-0.25, -0.2) is 9.37 Å². The Bertz CT molecular complexity index is 555. The van der Waals surface area contributed by atoms with Crippen molar-refractivity contribution in [2.45, 2.75) is 13.0 Å². The molecule has 0 bridgehead atoms. The summed E-state index contributed by atoms with van der Waals surface area (Å²) in [5.74, 6) is 0.0625. The van der Waals surface area contributed by atoms with Crippen molar-refractivity contribution in [3.63, 3.8) is 0 Å². The molecule has 0 aliphatic heterocycles. The van der Waals surface area contributed by atoms with E-state index in [0.29, 0.717) is 22.7 Å². The molecule has 1 aromatic heterocycles. The van der Waals surface area contributed by atoms with Crippen LogP contribution in [0.15, 0.2) is 36.4 Å². The van der Waals surface area contributed by atoms with Crippen LogP contribution in [0.25, 0.3) is 11.3 Å². The standard InChI is InChI=1S/C14H14FNO2/c1-9(17)12-4-3-5-13(16-12)11-7-6-10(15)8-14(11)18-2/h3-9,17H,1-2H3/t9-/m1/s1. The predicted molar refractivity (Wildman–Crippen MR) is 66.8 cm³/mol. The zero-order valence-corrected chi connectivity index (χ0v) is 10.2. The molecule has 4 heteroatoms. The van der Waals surface area contributed by atoms with Gasteiger partial charge in [0.2, 0.25) is 0 Å². The minimum atomic E-state index is -0.642. The summed E-state index contributed by atoms with van der Waals surface area (Å²) in [5, 5.41) is 9.51. The van der Waals surface area contributed by atoms with E-state index < -0.39 is 6.10 Å². The molecule has 1 aromatic carbocycles. The number of hydrogen-bond acceptors (Lipinski definition) is 3. The van der Waals surface area contributed by atoms with Gasteiger partial charge in [0, 0.05) is 11.6 Å². The first-order valence-corrected chi connectivity index (χ1v) is 5.60. The zero-order valence-electron chi connectivity index (χ0n) is 10.2. The summed E-state index contributed by atoms with van der Waals surface area (Å²) in [5.41, 5.74) is 1.91. The summed E-state index contributed by atoms with van der Waals surface area (Å²) < 4.78 is 18.3. The number of halogens is 1. The lowest BCUT2D eigenvalue weighted by molar-refractivity contribution is 0.194. The van der Waals surface area contributed by atoms with Crippen LogP contribution in [-0.2, 0) is 0 Å². The van der Waals surface area contributed by atoms with Gasteiger partial charge in [0.15, 0.2) is 0 Å². The predicted octanol–water partition coefficient (Wildman–Crippen LogP) is 2.95. The second-order valence-corrected chi connectivity index (χ2v) is 3.97. The van der Waals surface area contributed by atoms with Crippen molar-refractivity contribution >= 4 is 0 Å². The Morgan fingerprint density at radius 3 is 2.72 bits per heavy atom. The fourth-order valence-corrected chi connectivity index (χ4v) is 1.71. The van der Waals surface area contributed by atoms with Gasteiger partial charge in [0.05, 0.1) is 24.6 Å². The molecular weight excluding hydrogens is 233 g/mol. The van der Waals surface area contributed by atoms with Gasteiger partial charge >= 0.3 is 0 Å². The molecule has 0 radical (unpaired) electrons. The Morgan fingerprint density at radius 1 is 1.28 bits per heavy atom. The zero-order chi connectivity index (χ0) is 13.1. The molecule has 0 aliphatic carbocycles. The molecule has 1 heterocycles. The van der Waals surface area contributed by atoms with E-state index in [1.807, 2.05) is 0 Å². The fourth-order valence-electron chi connectivity index (χ4n) is 1.71. The molecule has 0 amide bonds. The highest BCUT2D eigenvalue weighted by molar-refractivity contribution is 5.67. The Balaban J connectivity index is 2.51. The van der Waals surface area contributed by atoms with Gasteiger partial charge < -0.3 is 9.84 Å².